The monoisotopic (exact) mass is 427 g/mol. The number of aromatic nitrogens is 5. The molecule has 0 saturated carbocycles. The van der Waals surface area contributed by atoms with Crippen LogP contribution in [-0.2, 0) is 10.3 Å². The van der Waals surface area contributed by atoms with Crippen LogP contribution in [0.4, 0.5) is 0 Å². The van der Waals surface area contributed by atoms with Gasteiger partial charge in [0, 0.05) is 10.9 Å². The number of hydrogen-bond acceptors (Lipinski definition) is 6. The fourth-order valence-electron chi connectivity index (χ4n) is 4.09. The minimum Gasteiger partial charge on any atom is -0.494 e. The van der Waals surface area contributed by atoms with Crippen LogP contribution in [0.3, 0.4) is 0 Å². The van der Waals surface area contributed by atoms with Gasteiger partial charge in [0.1, 0.15) is 18.8 Å². The van der Waals surface area contributed by atoms with Gasteiger partial charge in [-0.15, -0.1) is 5.10 Å². The molecule has 3 aromatic rings. The number of pyridine rings is 1. The number of tetrazole rings is 1. The number of fused-ring (bicyclic) bond motifs is 1. The van der Waals surface area contributed by atoms with Gasteiger partial charge in [0.15, 0.2) is 6.04 Å². The Morgan fingerprint density at radius 2 is 2.03 bits per heavy atom. The third-order valence-electron chi connectivity index (χ3n) is 6.20. The first kappa shape index (κ1) is 21.5. The summed E-state index contributed by atoms with van der Waals surface area (Å²) >= 11 is 0. The normalized spacial score (nSPS) is 16.5. The molecular formula is C22H31N6O3+. The number of ether oxygens (including phenoxy) is 2. The van der Waals surface area contributed by atoms with Gasteiger partial charge in [-0.3, -0.25) is 4.79 Å². The maximum Gasteiger partial charge on any atom is 0.258 e. The van der Waals surface area contributed by atoms with E-state index in [0.29, 0.717) is 31.2 Å². The zero-order valence-corrected chi connectivity index (χ0v) is 18.6. The van der Waals surface area contributed by atoms with E-state index in [1.807, 2.05) is 35.9 Å². The largest absolute Gasteiger partial charge is 0.494 e. The van der Waals surface area contributed by atoms with Crippen LogP contribution in [0, 0.1) is 0 Å². The Morgan fingerprint density at radius 3 is 2.74 bits per heavy atom. The minimum absolute atomic E-state index is 0.121. The summed E-state index contributed by atoms with van der Waals surface area (Å²) in [6.45, 7) is 11.7. The fraction of sp³-hybridized carbons (Fsp3) is 0.545. The Hall–Kier alpha value is -2.78. The molecule has 1 aliphatic rings. The Bertz CT molecular complexity index is 1100. The van der Waals surface area contributed by atoms with Crippen LogP contribution < -0.4 is 15.2 Å². The summed E-state index contributed by atoms with van der Waals surface area (Å²) in [5.74, 6) is 1.48. The Labute approximate surface area is 181 Å². The molecule has 0 spiro atoms. The lowest BCUT2D eigenvalue weighted by Gasteiger charge is -2.32. The number of H-pyrrole nitrogens is 1. The summed E-state index contributed by atoms with van der Waals surface area (Å²) in [5, 5.41) is 13.6. The zero-order valence-electron chi connectivity index (χ0n) is 18.6. The number of nitrogens with one attached hydrogen (secondary N) is 2. The molecule has 166 valence electrons. The standard InChI is InChI=1S/C22H30N6O3/c1-5-22(3,4)28-20(24-25-26-28)19(27-9-11-30-12-10-27)17-14-15-13-16(31-6-2)7-8-18(15)23-21(17)29/h7-8,13-14,19H,5-6,9-12H2,1-4H3,(H,23,29)/p+1/t19-/m1/s1. The maximum absolute atomic E-state index is 13.2. The fourth-order valence-corrected chi connectivity index (χ4v) is 4.09. The highest BCUT2D eigenvalue weighted by Gasteiger charge is 2.37. The van der Waals surface area contributed by atoms with Crippen molar-refractivity contribution in [3.8, 4) is 5.75 Å². The molecule has 9 nitrogen and oxygen atoms in total. The molecule has 3 heterocycles. The van der Waals surface area contributed by atoms with E-state index in [4.69, 9.17) is 9.47 Å². The Kier molecular flexibility index (Phi) is 6.06. The number of morpholine rings is 1. The second kappa shape index (κ2) is 8.76. The molecular weight excluding hydrogens is 396 g/mol. The molecule has 31 heavy (non-hydrogen) atoms. The first-order chi connectivity index (χ1) is 14.9. The van der Waals surface area contributed by atoms with Gasteiger partial charge in [0.05, 0.1) is 30.9 Å². The van der Waals surface area contributed by atoms with Gasteiger partial charge < -0.3 is 19.4 Å². The lowest BCUT2D eigenvalue weighted by atomic mass is 9.99. The van der Waals surface area contributed by atoms with Crippen LogP contribution in [0.15, 0.2) is 29.1 Å². The van der Waals surface area contributed by atoms with Crippen molar-refractivity contribution in [1.82, 2.24) is 25.2 Å². The van der Waals surface area contributed by atoms with Gasteiger partial charge in [0.25, 0.3) is 5.56 Å². The third-order valence-corrected chi connectivity index (χ3v) is 6.20. The topological polar surface area (TPSA) is 99.4 Å². The van der Waals surface area contributed by atoms with Crippen LogP contribution in [0.25, 0.3) is 10.9 Å². The number of aromatic amines is 1. The van der Waals surface area contributed by atoms with Gasteiger partial charge in [-0.2, -0.15) is 0 Å². The predicted octanol–water partition coefficient (Wildman–Crippen LogP) is 1.06. The molecule has 0 aliphatic carbocycles. The molecule has 0 radical (unpaired) electrons. The SMILES string of the molecule is CCOc1ccc2[nH]c(=O)c([C@H](c3nnnn3C(C)(C)CC)[NH+]3CCOCC3)cc2c1. The van der Waals surface area contributed by atoms with Crippen molar-refractivity contribution in [3.05, 3.63) is 46.0 Å². The van der Waals surface area contributed by atoms with Crippen molar-refractivity contribution in [2.45, 2.75) is 45.7 Å². The maximum atomic E-state index is 13.2. The molecule has 2 N–H and O–H groups in total. The van der Waals surface area contributed by atoms with E-state index in [0.717, 1.165) is 36.2 Å². The number of nitrogens with zero attached hydrogens (tertiary/aromatic N) is 4. The molecule has 0 amide bonds. The first-order valence-corrected chi connectivity index (χ1v) is 11.0. The molecule has 1 saturated heterocycles. The summed E-state index contributed by atoms with van der Waals surface area (Å²) < 4.78 is 13.1. The van der Waals surface area contributed by atoms with Crippen LogP contribution >= 0.6 is 0 Å². The summed E-state index contributed by atoms with van der Waals surface area (Å²) in [6, 6.07) is 7.38. The van der Waals surface area contributed by atoms with Crippen molar-refractivity contribution in [3.63, 3.8) is 0 Å². The molecule has 0 unspecified atom stereocenters. The number of quaternary nitrogens is 1. The lowest BCUT2D eigenvalue weighted by molar-refractivity contribution is -0.934. The molecule has 2 aromatic heterocycles. The number of hydrogen-bond donors (Lipinski definition) is 2. The highest BCUT2D eigenvalue weighted by atomic mass is 16.5. The van der Waals surface area contributed by atoms with E-state index in [1.165, 1.54) is 4.90 Å². The molecule has 9 heteroatoms. The molecule has 1 fully saturated rings. The second-order valence-corrected chi connectivity index (χ2v) is 8.55. The lowest BCUT2D eigenvalue weighted by Crippen LogP contribution is -3.14. The Morgan fingerprint density at radius 1 is 1.26 bits per heavy atom. The molecule has 1 atom stereocenters. The average molecular weight is 428 g/mol. The van der Waals surface area contributed by atoms with E-state index in [2.05, 4.69) is 41.3 Å². The highest BCUT2D eigenvalue weighted by Crippen LogP contribution is 2.26. The Balaban J connectivity index is 1.88. The second-order valence-electron chi connectivity index (χ2n) is 8.55. The highest BCUT2D eigenvalue weighted by molar-refractivity contribution is 5.80. The molecule has 1 aliphatic heterocycles. The predicted molar refractivity (Wildman–Crippen MR) is 117 cm³/mol. The van der Waals surface area contributed by atoms with Crippen molar-refractivity contribution in [2.75, 3.05) is 32.9 Å². The van der Waals surface area contributed by atoms with E-state index in [-0.39, 0.29) is 17.1 Å². The first-order valence-electron chi connectivity index (χ1n) is 11.0. The minimum atomic E-state index is -0.298. The zero-order chi connectivity index (χ0) is 22.0. The summed E-state index contributed by atoms with van der Waals surface area (Å²) in [4.78, 5) is 17.5. The van der Waals surface area contributed by atoms with Crippen molar-refractivity contribution in [1.29, 1.82) is 0 Å². The molecule has 0 bridgehead atoms. The summed E-state index contributed by atoms with van der Waals surface area (Å²) in [5.41, 5.74) is 1.04. The van der Waals surface area contributed by atoms with Gasteiger partial charge in [-0.05, 0) is 61.9 Å². The quantitative estimate of drug-likeness (QED) is 0.585. The average Bonchev–Trinajstić information content (AvgIpc) is 3.26. The van der Waals surface area contributed by atoms with E-state index >= 15 is 0 Å². The van der Waals surface area contributed by atoms with Crippen LogP contribution in [0.5, 0.6) is 5.75 Å². The third kappa shape index (κ3) is 4.20. The van der Waals surface area contributed by atoms with E-state index in [9.17, 15) is 4.79 Å². The van der Waals surface area contributed by atoms with Crippen LogP contribution in [0.2, 0.25) is 0 Å². The van der Waals surface area contributed by atoms with Gasteiger partial charge in [0.2, 0.25) is 5.82 Å². The van der Waals surface area contributed by atoms with Crippen molar-refractivity contribution >= 4 is 10.9 Å². The smallest absolute Gasteiger partial charge is 0.258 e. The van der Waals surface area contributed by atoms with Gasteiger partial charge >= 0.3 is 0 Å². The van der Waals surface area contributed by atoms with Crippen molar-refractivity contribution < 1.29 is 14.4 Å². The number of benzene rings is 1. The number of rotatable bonds is 7. The van der Waals surface area contributed by atoms with E-state index < -0.39 is 0 Å². The molecule has 4 rings (SSSR count). The molecule has 1 aromatic carbocycles. The summed E-state index contributed by atoms with van der Waals surface area (Å²) in [7, 11) is 0. The summed E-state index contributed by atoms with van der Waals surface area (Å²) in [6.07, 6.45) is 0.863. The van der Waals surface area contributed by atoms with Gasteiger partial charge in [-0.1, -0.05) is 6.92 Å². The van der Waals surface area contributed by atoms with Crippen molar-refractivity contribution in [2.24, 2.45) is 0 Å². The van der Waals surface area contributed by atoms with E-state index in [1.54, 1.807) is 0 Å². The van der Waals surface area contributed by atoms with Crippen LogP contribution in [0.1, 0.15) is 51.5 Å². The van der Waals surface area contributed by atoms with Crippen LogP contribution in [-0.4, -0.2) is 58.1 Å². The van der Waals surface area contributed by atoms with Gasteiger partial charge in [-0.25, -0.2) is 4.68 Å².